The van der Waals surface area contributed by atoms with Crippen LogP contribution in [0.4, 0.5) is 5.82 Å². The zero-order valence-electron chi connectivity index (χ0n) is 11.7. The maximum Gasteiger partial charge on any atom is 0.274 e. The Hall–Kier alpha value is -1.70. The van der Waals surface area contributed by atoms with Crippen LogP contribution in [0.25, 0.3) is 0 Å². The van der Waals surface area contributed by atoms with Crippen molar-refractivity contribution in [1.82, 2.24) is 14.9 Å². The number of rotatable bonds is 3. The van der Waals surface area contributed by atoms with Crippen molar-refractivity contribution in [2.24, 2.45) is 0 Å². The van der Waals surface area contributed by atoms with Gasteiger partial charge in [0.2, 0.25) is 0 Å². The summed E-state index contributed by atoms with van der Waals surface area (Å²) in [5, 5.41) is 3.05. The molecule has 3 heterocycles. The van der Waals surface area contributed by atoms with Gasteiger partial charge < -0.3 is 10.2 Å². The average Bonchev–Trinajstić information content (AvgIpc) is 3.09. The first-order chi connectivity index (χ1) is 10.0. The standard InChI is InChI=1S/C13H18N4O3S/c18-13(17-4-1-2-5-17)11-7-15-12(8-14-11)16-10-3-6-21(19,20)9-10/h7-8,10H,1-6,9H2,(H,15,16). The molecular formula is C13H18N4O3S. The van der Waals surface area contributed by atoms with Gasteiger partial charge >= 0.3 is 0 Å². The summed E-state index contributed by atoms with van der Waals surface area (Å²) in [6.45, 7) is 1.56. The molecule has 1 unspecified atom stereocenters. The molecule has 0 aromatic carbocycles. The van der Waals surface area contributed by atoms with Crippen molar-refractivity contribution in [2.75, 3.05) is 29.9 Å². The predicted octanol–water partition coefficient (Wildman–Crippen LogP) is 0.312. The summed E-state index contributed by atoms with van der Waals surface area (Å²) in [6.07, 6.45) is 5.60. The summed E-state index contributed by atoms with van der Waals surface area (Å²) >= 11 is 0. The second-order valence-corrected chi connectivity index (χ2v) is 7.76. The Balaban J connectivity index is 1.63. The number of likely N-dealkylation sites (tertiary alicyclic amines) is 1. The largest absolute Gasteiger partial charge is 0.365 e. The van der Waals surface area contributed by atoms with Crippen LogP contribution in [0.3, 0.4) is 0 Å². The van der Waals surface area contributed by atoms with Crippen LogP contribution in [0, 0.1) is 0 Å². The van der Waals surface area contributed by atoms with Crippen molar-refractivity contribution in [1.29, 1.82) is 0 Å². The monoisotopic (exact) mass is 310 g/mol. The molecule has 21 heavy (non-hydrogen) atoms. The Labute approximate surface area is 123 Å². The number of hydrogen-bond acceptors (Lipinski definition) is 6. The minimum absolute atomic E-state index is 0.0880. The van der Waals surface area contributed by atoms with Gasteiger partial charge in [-0.3, -0.25) is 4.79 Å². The Morgan fingerprint density at radius 3 is 2.57 bits per heavy atom. The maximum atomic E-state index is 12.1. The SMILES string of the molecule is O=C(c1cnc(NC2CCS(=O)(=O)C2)cn1)N1CCCC1. The molecule has 2 aliphatic heterocycles. The van der Waals surface area contributed by atoms with Crippen molar-refractivity contribution in [2.45, 2.75) is 25.3 Å². The van der Waals surface area contributed by atoms with Crippen molar-refractivity contribution in [3.63, 3.8) is 0 Å². The molecule has 0 spiro atoms. The van der Waals surface area contributed by atoms with Crippen LogP contribution in [0.2, 0.25) is 0 Å². The molecule has 2 fully saturated rings. The average molecular weight is 310 g/mol. The van der Waals surface area contributed by atoms with Crippen LogP contribution < -0.4 is 5.32 Å². The van der Waals surface area contributed by atoms with E-state index in [1.165, 1.54) is 12.4 Å². The molecule has 0 saturated carbocycles. The summed E-state index contributed by atoms with van der Waals surface area (Å²) in [7, 11) is -2.92. The van der Waals surface area contributed by atoms with Crippen molar-refractivity contribution in [3.8, 4) is 0 Å². The number of carbonyl (C=O) groups is 1. The van der Waals surface area contributed by atoms with Crippen molar-refractivity contribution < 1.29 is 13.2 Å². The number of carbonyl (C=O) groups excluding carboxylic acids is 1. The topological polar surface area (TPSA) is 92.3 Å². The van der Waals surface area contributed by atoms with E-state index in [1.807, 2.05) is 0 Å². The Kier molecular flexibility index (Phi) is 3.79. The van der Waals surface area contributed by atoms with Crippen molar-refractivity contribution in [3.05, 3.63) is 18.1 Å². The lowest BCUT2D eigenvalue weighted by atomic mass is 10.2. The molecule has 7 nitrogen and oxygen atoms in total. The number of nitrogens with zero attached hydrogens (tertiary/aromatic N) is 3. The van der Waals surface area contributed by atoms with E-state index in [4.69, 9.17) is 0 Å². The molecule has 1 aromatic rings. The fraction of sp³-hybridized carbons (Fsp3) is 0.615. The van der Waals surface area contributed by atoms with E-state index in [-0.39, 0.29) is 23.5 Å². The Bertz CT molecular complexity index is 623. The van der Waals surface area contributed by atoms with Gasteiger partial charge in [0, 0.05) is 19.1 Å². The summed E-state index contributed by atoms with van der Waals surface area (Å²) < 4.78 is 22.8. The highest BCUT2D eigenvalue weighted by Gasteiger charge is 2.28. The minimum Gasteiger partial charge on any atom is -0.365 e. The van der Waals surface area contributed by atoms with Gasteiger partial charge in [-0.05, 0) is 19.3 Å². The van der Waals surface area contributed by atoms with Crippen LogP contribution in [0.15, 0.2) is 12.4 Å². The fourth-order valence-electron chi connectivity index (χ4n) is 2.71. The predicted molar refractivity (Wildman–Crippen MR) is 77.9 cm³/mol. The normalized spacial score (nSPS) is 24.2. The first kappa shape index (κ1) is 14.2. The van der Waals surface area contributed by atoms with Gasteiger partial charge in [-0.2, -0.15) is 0 Å². The third-order valence-corrected chi connectivity index (χ3v) is 5.62. The van der Waals surface area contributed by atoms with E-state index in [1.54, 1.807) is 4.90 Å². The van der Waals surface area contributed by atoms with E-state index in [0.717, 1.165) is 25.9 Å². The van der Waals surface area contributed by atoms with E-state index < -0.39 is 9.84 Å². The van der Waals surface area contributed by atoms with Crippen LogP contribution in [0.5, 0.6) is 0 Å². The molecule has 0 aliphatic carbocycles. The molecule has 0 radical (unpaired) electrons. The summed E-state index contributed by atoms with van der Waals surface area (Å²) in [4.78, 5) is 22.2. The smallest absolute Gasteiger partial charge is 0.274 e. The number of aromatic nitrogens is 2. The van der Waals surface area contributed by atoms with Gasteiger partial charge in [0.15, 0.2) is 9.84 Å². The van der Waals surface area contributed by atoms with Crippen LogP contribution >= 0.6 is 0 Å². The third-order valence-electron chi connectivity index (χ3n) is 3.85. The number of amides is 1. The highest BCUT2D eigenvalue weighted by atomic mass is 32.2. The first-order valence-corrected chi connectivity index (χ1v) is 8.94. The second-order valence-electron chi connectivity index (χ2n) is 5.53. The van der Waals surface area contributed by atoms with E-state index in [0.29, 0.717) is 17.9 Å². The number of anilines is 1. The van der Waals surface area contributed by atoms with Gasteiger partial charge in [-0.1, -0.05) is 0 Å². The molecule has 0 bridgehead atoms. The zero-order chi connectivity index (χ0) is 14.9. The van der Waals surface area contributed by atoms with Gasteiger partial charge in [-0.25, -0.2) is 18.4 Å². The van der Waals surface area contributed by atoms with Gasteiger partial charge in [0.25, 0.3) is 5.91 Å². The second kappa shape index (κ2) is 5.59. The van der Waals surface area contributed by atoms with Crippen molar-refractivity contribution >= 4 is 21.6 Å². The first-order valence-electron chi connectivity index (χ1n) is 7.12. The lowest BCUT2D eigenvalue weighted by Gasteiger charge is -2.15. The fourth-order valence-corrected chi connectivity index (χ4v) is 4.39. The molecular weight excluding hydrogens is 292 g/mol. The molecule has 1 atom stereocenters. The van der Waals surface area contributed by atoms with Gasteiger partial charge in [-0.15, -0.1) is 0 Å². The molecule has 114 valence electrons. The minimum atomic E-state index is -2.92. The lowest BCUT2D eigenvalue weighted by Crippen LogP contribution is -2.28. The van der Waals surface area contributed by atoms with Crippen LogP contribution in [-0.4, -0.2) is 59.8 Å². The number of nitrogens with one attached hydrogen (secondary N) is 1. The van der Waals surface area contributed by atoms with E-state index >= 15 is 0 Å². The zero-order valence-corrected chi connectivity index (χ0v) is 12.5. The summed E-state index contributed by atoms with van der Waals surface area (Å²) in [6, 6.07) is -0.121. The number of sulfone groups is 1. The molecule has 3 rings (SSSR count). The van der Waals surface area contributed by atoms with Crippen LogP contribution in [0.1, 0.15) is 29.8 Å². The van der Waals surface area contributed by atoms with Gasteiger partial charge in [0.1, 0.15) is 11.5 Å². The molecule has 2 aliphatic rings. The highest BCUT2D eigenvalue weighted by molar-refractivity contribution is 7.91. The maximum absolute atomic E-state index is 12.1. The van der Waals surface area contributed by atoms with E-state index in [9.17, 15) is 13.2 Å². The Morgan fingerprint density at radius 1 is 1.24 bits per heavy atom. The third kappa shape index (κ3) is 3.31. The molecule has 2 saturated heterocycles. The highest BCUT2D eigenvalue weighted by Crippen LogP contribution is 2.16. The summed E-state index contributed by atoms with van der Waals surface area (Å²) in [5.74, 6) is 0.761. The molecule has 8 heteroatoms. The number of hydrogen-bond donors (Lipinski definition) is 1. The molecule has 1 N–H and O–H groups in total. The quantitative estimate of drug-likeness (QED) is 0.864. The Morgan fingerprint density at radius 2 is 2.00 bits per heavy atom. The lowest BCUT2D eigenvalue weighted by molar-refractivity contribution is 0.0786. The van der Waals surface area contributed by atoms with E-state index in [2.05, 4.69) is 15.3 Å². The van der Waals surface area contributed by atoms with Crippen LogP contribution in [-0.2, 0) is 9.84 Å². The van der Waals surface area contributed by atoms with Gasteiger partial charge in [0.05, 0.1) is 23.9 Å². The summed E-state index contributed by atoms with van der Waals surface area (Å²) in [5.41, 5.74) is 0.335. The molecule has 1 aromatic heterocycles. The molecule has 1 amide bonds.